The van der Waals surface area contributed by atoms with Crippen molar-refractivity contribution < 1.29 is 18.6 Å². The first-order chi connectivity index (χ1) is 15.9. The average molecular weight is 468 g/mol. The fourth-order valence-corrected chi connectivity index (χ4v) is 4.07. The maximum atomic E-state index is 15.3. The predicted molar refractivity (Wildman–Crippen MR) is 127 cm³/mol. The van der Waals surface area contributed by atoms with Crippen LogP contribution in [0.15, 0.2) is 35.1 Å². The van der Waals surface area contributed by atoms with E-state index in [1.807, 2.05) is 0 Å². The third-order valence-corrected chi connectivity index (χ3v) is 5.51. The van der Waals surface area contributed by atoms with E-state index in [0.29, 0.717) is 16.8 Å². The van der Waals surface area contributed by atoms with Gasteiger partial charge in [-0.05, 0) is 58.9 Å². The van der Waals surface area contributed by atoms with Crippen molar-refractivity contribution >= 4 is 22.4 Å². The number of anilines is 2. The number of rotatable bonds is 1. The predicted octanol–water partition coefficient (Wildman–Crippen LogP) is 4.22. The second-order valence-corrected chi connectivity index (χ2v) is 9.80. The number of nitrogens with zero attached hydrogens (tertiary/aromatic N) is 3. The highest BCUT2D eigenvalue weighted by molar-refractivity contribution is 5.93. The molecule has 0 saturated heterocycles. The summed E-state index contributed by atoms with van der Waals surface area (Å²) in [5, 5.41) is 9.95. The van der Waals surface area contributed by atoms with Crippen LogP contribution in [-0.4, -0.2) is 33.4 Å². The van der Waals surface area contributed by atoms with E-state index in [9.17, 15) is 14.3 Å². The van der Waals surface area contributed by atoms with Crippen molar-refractivity contribution in [2.75, 3.05) is 18.1 Å². The number of fused-ring (bicyclic) bond motifs is 2. The Morgan fingerprint density at radius 3 is 2.53 bits per heavy atom. The molecular formula is C26H27F2N3O3. The summed E-state index contributed by atoms with van der Waals surface area (Å²) in [6, 6.07) is 7.81. The van der Waals surface area contributed by atoms with Gasteiger partial charge in [-0.25, -0.2) is 13.6 Å². The van der Waals surface area contributed by atoms with Crippen molar-refractivity contribution in [1.29, 1.82) is 0 Å². The maximum absolute atomic E-state index is 15.3. The Hall–Kier alpha value is -3.28. The van der Waals surface area contributed by atoms with E-state index < -0.39 is 28.5 Å². The third-order valence-electron chi connectivity index (χ3n) is 5.51. The van der Waals surface area contributed by atoms with Crippen LogP contribution in [0, 0.1) is 23.5 Å². The van der Waals surface area contributed by atoms with Crippen LogP contribution >= 0.6 is 0 Å². The molecule has 1 aliphatic heterocycles. The number of aliphatic hydroxyl groups is 1. The molecule has 3 aromatic rings. The van der Waals surface area contributed by atoms with Gasteiger partial charge in [-0.3, -0.25) is 4.57 Å². The van der Waals surface area contributed by atoms with Crippen molar-refractivity contribution in [3.05, 3.63) is 63.6 Å². The lowest BCUT2D eigenvalue weighted by atomic mass is 10.0. The summed E-state index contributed by atoms with van der Waals surface area (Å²) in [6.07, 6.45) is 0. The van der Waals surface area contributed by atoms with Crippen LogP contribution in [0.1, 0.15) is 45.7 Å². The minimum atomic E-state index is -1.19. The van der Waals surface area contributed by atoms with Crippen molar-refractivity contribution in [2.24, 2.45) is 0 Å². The molecule has 0 saturated carbocycles. The summed E-state index contributed by atoms with van der Waals surface area (Å²) >= 11 is 0. The van der Waals surface area contributed by atoms with E-state index in [2.05, 4.69) is 16.8 Å². The van der Waals surface area contributed by atoms with Gasteiger partial charge in [0.25, 0.3) is 0 Å². The van der Waals surface area contributed by atoms with Gasteiger partial charge < -0.3 is 14.7 Å². The van der Waals surface area contributed by atoms with Crippen LogP contribution < -0.4 is 10.6 Å². The van der Waals surface area contributed by atoms with Crippen molar-refractivity contribution in [3.63, 3.8) is 0 Å². The van der Waals surface area contributed by atoms with Gasteiger partial charge in [0.05, 0.1) is 24.1 Å². The zero-order valence-corrected chi connectivity index (χ0v) is 19.9. The highest BCUT2D eigenvalue weighted by atomic mass is 19.2. The van der Waals surface area contributed by atoms with Crippen molar-refractivity contribution in [2.45, 2.75) is 52.4 Å². The lowest BCUT2D eigenvalue weighted by molar-refractivity contribution is 0.133. The van der Waals surface area contributed by atoms with Gasteiger partial charge in [-0.1, -0.05) is 17.9 Å². The topological polar surface area (TPSA) is 67.6 Å². The van der Waals surface area contributed by atoms with Crippen LogP contribution in [0.2, 0.25) is 0 Å². The first-order valence-corrected chi connectivity index (χ1v) is 11.0. The van der Waals surface area contributed by atoms with E-state index in [-0.39, 0.29) is 36.5 Å². The fourth-order valence-electron chi connectivity index (χ4n) is 4.07. The van der Waals surface area contributed by atoms with Crippen LogP contribution in [0.5, 0.6) is 0 Å². The van der Waals surface area contributed by atoms with E-state index in [1.54, 1.807) is 57.7 Å². The molecule has 0 radical (unpaired) electrons. The summed E-state index contributed by atoms with van der Waals surface area (Å²) < 4.78 is 36.8. The fraction of sp³-hybridized carbons (Fsp3) is 0.385. The number of benzene rings is 2. The number of ether oxygens (including phenoxy) is 1. The number of aromatic nitrogens is 2. The van der Waals surface area contributed by atoms with Gasteiger partial charge in [0.15, 0.2) is 17.5 Å². The van der Waals surface area contributed by atoms with Crippen LogP contribution in [-0.2, 0) is 16.9 Å². The van der Waals surface area contributed by atoms with Crippen LogP contribution in [0.4, 0.5) is 20.3 Å². The molecule has 0 amide bonds. The molecule has 2 heterocycles. The maximum Gasteiger partial charge on any atom is 0.350 e. The Morgan fingerprint density at radius 2 is 1.85 bits per heavy atom. The van der Waals surface area contributed by atoms with Crippen molar-refractivity contribution in [3.8, 4) is 11.8 Å². The highest BCUT2D eigenvalue weighted by Gasteiger charge is 2.28. The van der Waals surface area contributed by atoms with Gasteiger partial charge in [-0.2, -0.15) is 4.98 Å². The molecule has 0 aliphatic carbocycles. The van der Waals surface area contributed by atoms with Gasteiger partial charge in [0, 0.05) is 28.9 Å². The van der Waals surface area contributed by atoms with Gasteiger partial charge in [-0.15, -0.1) is 0 Å². The molecule has 34 heavy (non-hydrogen) atoms. The number of hydrogen-bond donors (Lipinski definition) is 1. The smallest absolute Gasteiger partial charge is 0.350 e. The molecule has 1 N–H and O–H groups in total. The second-order valence-electron chi connectivity index (χ2n) is 9.80. The molecular weight excluding hydrogens is 440 g/mol. The van der Waals surface area contributed by atoms with Gasteiger partial charge in [0.1, 0.15) is 5.60 Å². The lowest BCUT2D eigenvalue weighted by Gasteiger charge is -2.29. The SMILES string of the molecule is CC(C)(O)C#Cc1cccc2c1COCCN2c1nc(=O)n(C(C)(C)C)c2ccc(F)c(F)c12. The summed E-state index contributed by atoms with van der Waals surface area (Å²) in [6.45, 7) is 9.36. The van der Waals surface area contributed by atoms with Crippen LogP contribution in [0.25, 0.3) is 10.9 Å². The minimum Gasteiger partial charge on any atom is -0.378 e. The average Bonchev–Trinajstić information content (AvgIpc) is 2.95. The Bertz CT molecular complexity index is 1390. The monoisotopic (exact) mass is 467 g/mol. The molecule has 1 aromatic heterocycles. The third kappa shape index (κ3) is 4.41. The van der Waals surface area contributed by atoms with E-state index in [1.165, 1.54) is 10.6 Å². The Morgan fingerprint density at radius 1 is 1.12 bits per heavy atom. The van der Waals surface area contributed by atoms with E-state index in [4.69, 9.17) is 4.74 Å². The molecule has 0 bridgehead atoms. The summed E-state index contributed by atoms with van der Waals surface area (Å²) in [5.74, 6) is 3.71. The minimum absolute atomic E-state index is 0.0249. The quantitative estimate of drug-likeness (QED) is 0.543. The highest BCUT2D eigenvalue weighted by Crippen LogP contribution is 2.37. The molecule has 4 rings (SSSR count). The molecule has 0 spiro atoms. The van der Waals surface area contributed by atoms with E-state index in [0.717, 1.165) is 6.07 Å². The molecule has 0 unspecified atom stereocenters. The van der Waals surface area contributed by atoms with Crippen molar-refractivity contribution in [1.82, 2.24) is 9.55 Å². The standard InChI is InChI=1S/C26H27F2N3O3/c1-25(2,3)31-20-10-9-18(27)22(28)21(20)23(29-24(31)32)30-13-14-34-15-17-16(7-6-8-19(17)30)11-12-26(4,5)33/h6-10,33H,13-15H2,1-5H3. The Labute approximate surface area is 196 Å². The number of halogens is 2. The molecule has 0 fully saturated rings. The summed E-state index contributed by atoms with van der Waals surface area (Å²) in [5.41, 5.74) is -0.231. The molecule has 1 aliphatic rings. The molecule has 2 aromatic carbocycles. The Kier molecular flexibility index (Phi) is 5.96. The summed E-state index contributed by atoms with van der Waals surface area (Å²) in [4.78, 5) is 19.1. The normalized spacial score (nSPS) is 14.4. The second kappa shape index (κ2) is 8.49. The first kappa shape index (κ1) is 23.9. The van der Waals surface area contributed by atoms with Gasteiger partial charge in [0.2, 0.25) is 0 Å². The number of hydrogen-bond acceptors (Lipinski definition) is 5. The lowest BCUT2D eigenvalue weighted by Crippen LogP contribution is -2.37. The molecule has 178 valence electrons. The van der Waals surface area contributed by atoms with E-state index >= 15 is 4.39 Å². The first-order valence-electron chi connectivity index (χ1n) is 11.0. The zero-order valence-electron chi connectivity index (χ0n) is 19.9. The Balaban J connectivity index is 2.03. The molecule has 0 atom stereocenters. The van der Waals surface area contributed by atoms with Crippen LogP contribution in [0.3, 0.4) is 0 Å². The molecule has 8 heteroatoms. The zero-order chi connectivity index (χ0) is 24.8. The van der Waals surface area contributed by atoms with Gasteiger partial charge >= 0.3 is 5.69 Å². The summed E-state index contributed by atoms with van der Waals surface area (Å²) in [7, 11) is 0. The molecule has 6 nitrogen and oxygen atoms in total. The largest absolute Gasteiger partial charge is 0.378 e.